The van der Waals surface area contributed by atoms with Crippen molar-refractivity contribution in [1.82, 2.24) is 0 Å². The van der Waals surface area contributed by atoms with E-state index < -0.39 is 0 Å². The van der Waals surface area contributed by atoms with Gasteiger partial charge in [-0.1, -0.05) is 60.7 Å². The van der Waals surface area contributed by atoms with Crippen molar-refractivity contribution in [2.75, 3.05) is 0 Å². The smallest absolute Gasteiger partial charge is 0.0393 e. The van der Waals surface area contributed by atoms with Gasteiger partial charge in [-0.15, -0.1) is 11.3 Å². The summed E-state index contributed by atoms with van der Waals surface area (Å²) in [6, 6.07) is 15.4. The second-order valence-corrected chi connectivity index (χ2v) is 6.03. The molecule has 1 heterocycles. The van der Waals surface area contributed by atoms with Gasteiger partial charge in [-0.25, -0.2) is 0 Å². The molecule has 19 heavy (non-hydrogen) atoms. The van der Waals surface area contributed by atoms with Crippen LogP contribution in [0.15, 0.2) is 66.8 Å². The van der Waals surface area contributed by atoms with E-state index in [1.54, 1.807) is 0 Å². The second kappa shape index (κ2) is 4.36. The van der Waals surface area contributed by atoms with Gasteiger partial charge in [0.15, 0.2) is 0 Å². The number of hydrogen-bond donors (Lipinski definition) is 0. The first-order valence-corrected chi connectivity index (χ1v) is 7.48. The van der Waals surface area contributed by atoms with Crippen molar-refractivity contribution < 1.29 is 0 Å². The molecule has 0 saturated heterocycles. The van der Waals surface area contributed by atoms with Gasteiger partial charge in [0.1, 0.15) is 0 Å². The molecule has 2 aromatic carbocycles. The van der Waals surface area contributed by atoms with Crippen LogP contribution in [0.25, 0.3) is 20.2 Å². The topological polar surface area (TPSA) is 0 Å². The molecule has 0 nitrogen and oxygen atoms in total. The summed E-state index contributed by atoms with van der Waals surface area (Å²) in [5, 5.41) is 2.79. The number of thiophene rings is 1. The summed E-state index contributed by atoms with van der Waals surface area (Å²) in [5.74, 6) is 0.529. The van der Waals surface area contributed by atoms with Crippen LogP contribution < -0.4 is 0 Å². The molecule has 0 saturated carbocycles. The predicted molar refractivity (Wildman–Crippen MR) is 85.0 cm³/mol. The highest BCUT2D eigenvalue weighted by Crippen LogP contribution is 2.39. The van der Waals surface area contributed by atoms with Crippen molar-refractivity contribution in [3.8, 4) is 0 Å². The molecule has 0 bridgehead atoms. The third-order valence-corrected chi connectivity index (χ3v) is 5.05. The fraction of sp³-hybridized carbons (Fsp3) is 0.111. The number of allylic oxidation sites excluding steroid dienone is 4. The maximum atomic E-state index is 2.32. The lowest BCUT2D eigenvalue weighted by molar-refractivity contribution is 0.863. The second-order valence-electron chi connectivity index (χ2n) is 4.98. The fourth-order valence-electron chi connectivity index (χ4n) is 2.87. The van der Waals surface area contributed by atoms with Crippen LogP contribution in [0.5, 0.6) is 0 Å². The van der Waals surface area contributed by atoms with Crippen LogP contribution in [-0.4, -0.2) is 0 Å². The molecule has 1 aromatic heterocycles. The highest BCUT2D eigenvalue weighted by Gasteiger charge is 2.14. The van der Waals surface area contributed by atoms with Gasteiger partial charge < -0.3 is 0 Å². The SMILES string of the molecule is C1=CCC(c2cccc3c2sc2ccccc23)C=C1. The van der Waals surface area contributed by atoms with Crippen LogP contribution in [0.2, 0.25) is 0 Å². The van der Waals surface area contributed by atoms with Crippen LogP contribution in [0.4, 0.5) is 0 Å². The van der Waals surface area contributed by atoms with E-state index in [1.807, 2.05) is 11.3 Å². The van der Waals surface area contributed by atoms with Crippen molar-refractivity contribution in [3.63, 3.8) is 0 Å². The Labute approximate surface area is 116 Å². The maximum Gasteiger partial charge on any atom is 0.0393 e. The van der Waals surface area contributed by atoms with E-state index in [9.17, 15) is 0 Å². The quantitative estimate of drug-likeness (QED) is 0.531. The van der Waals surface area contributed by atoms with E-state index in [1.165, 1.54) is 25.7 Å². The molecule has 1 aliphatic carbocycles. The van der Waals surface area contributed by atoms with Crippen LogP contribution in [0.3, 0.4) is 0 Å². The molecule has 1 aliphatic rings. The molecule has 92 valence electrons. The molecule has 0 N–H and O–H groups in total. The zero-order valence-electron chi connectivity index (χ0n) is 10.5. The van der Waals surface area contributed by atoms with Crippen molar-refractivity contribution in [1.29, 1.82) is 0 Å². The van der Waals surface area contributed by atoms with Crippen LogP contribution in [-0.2, 0) is 0 Å². The number of hydrogen-bond acceptors (Lipinski definition) is 1. The zero-order valence-corrected chi connectivity index (χ0v) is 11.4. The lowest BCUT2D eigenvalue weighted by Gasteiger charge is -2.14. The zero-order chi connectivity index (χ0) is 12.7. The van der Waals surface area contributed by atoms with Gasteiger partial charge in [-0.3, -0.25) is 0 Å². The van der Waals surface area contributed by atoms with Gasteiger partial charge in [0, 0.05) is 26.1 Å². The minimum absolute atomic E-state index is 0.529. The van der Waals surface area contributed by atoms with Gasteiger partial charge >= 0.3 is 0 Å². The van der Waals surface area contributed by atoms with E-state index in [4.69, 9.17) is 0 Å². The van der Waals surface area contributed by atoms with E-state index in [2.05, 4.69) is 66.8 Å². The molecule has 1 atom stereocenters. The molecular formula is C18H14S. The van der Waals surface area contributed by atoms with Gasteiger partial charge in [-0.05, 0) is 18.1 Å². The van der Waals surface area contributed by atoms with Crippen molar-refractivity contribution in [3.05, 3.63) is 72.3 Å². The van der Waals surface area contributed by atoms with E-state index in [-0.39, 0.29) is 0 Å². The minimum atomic E-state index is 0.529. The Kier molecular flexibility index (Phi) is 2.52. The first-order valence-electron chi connectivity index (χ1n) is 6.67. The Hall–Kier alpha value is -1.86. The third-order valence-electron chi connectivity index (χ3n) is 3.81. The van der Waals surface area contributed by atoms with Gasteiger partial charge in [0.05, 0.1) is 0 Å². The normalized spacial score (nSPS) is 18.4. The molecule has 1 heteroatoms. The van der Waals surface area contributed by atoms with E-state index in [0.29, 0.717) is 5.92 Å². The van der Waals surface area contributed by atoms with Crippen molar-refractivity contribution in [2.24, 2.45) is 0 Å². The van der Waals surface area contributed by atoms with Crippen molar-refractivity contribution in [2.45, 2.75) is 12.3 Å². The summed E-state index contributed by atoms with van der Waals surface area (Å²) in [6.07, 6.45) is 10.0. The van der Waals surface area contributed by atoms with Crippen LogP contribution in [0, 0.1) is 0 Å². The van der Waals surface area contributed by atoms with E-state index in [0.717, 1.165) is 6.42 Å². The lowest BCUT2D eigenvalue weighted by atomic mass is 9.91. The molecular weight excluding hydrogens is 248 g/mol. The Morgan fingerprint density at radius 3 is 2.68 bits per heavy atom. The van der Waals surface area contributed by atoms with Crippen LogP contribution >= 0.6 is 11.3 Å². The number of benzene rings is 2. The molecule has 1 unspecified atom stereocenters. The summed E-state index contributed by atoms with van der Waals surface area (Å²) in [6.45, 7) is 0. The van der Waals surface area contributed by atoms with Gasteiger partial charge in [-0.2, -0.15) is 0 Å². The van der Waals surface area contributed by atoms with Gasteiger partial charge in [0.25, 0.3) is 0 Å². The predicted octanol–water partition coefficient (Wildman–Crippen LogP) is 5.65. The molecule has 0 amide bonds. The highest BCUT2D eigenvalue weighted by molar-refractivity contribution is 7.26. The Morgan fingerprint density at radius 2 is 1.79 bits per heavy atom. The molecule has 4 rings (SSSR count). The Balaban J connectivity index is 2.01. The lowest BCUT2D eigenvalue weighted by Crippen LogP contribution is -1.95. The standard InChI is InChI=1S/C18H14S/c1-2-7-13(8-3-1)14-10-6-11-16-15-9-4-5-12-17(15)19-18(14)16/h1-7,9-13H,8H2. The fourth-order valence-corrected chi connectivity index (χ4v) is 4.15. The maximum absolute atomic E-state index is 2.32. The monoisotopic (exact) mass is 262 g/mol. The summed E-state index contributed by atoms with van der Waals surface area (Å²) >= 11 is 1.92. The summed E-state index contributed by atoms with van der Waals surface area (Å²) in [5.41, 5.74) is 1.47. The van der Waals surface area contributed by atoms with Crippen molar-refractivity contribution >= 4 is 31.5 Å². The first-order chi connectivity index (χ1) is 9.43. The molecule has 0 spiro atoms. The summed E-state index contributed by atoms with van der Waals surface area (Å²) in [4.78, 5) is 0. The Morgan fingerprint density at radius 1 is 0.895 bits per heavy atom. The molecule has 0 fully saturated rings. The molecule has 3 aromatic rings. The third kappa shape index (κ3) is 1.73. The minimum Gasteiger partial charge on any atom is -0.135 e. The Bertz CT molecular complexity index is 805. The van der Waals surface area contributed by atoms with Crippen LogP contribution in [0.1, 0.15) is 17.9 Å². The number of rotatable bonds is 1. The average molecular weight is 262 g/mol. The summed E-state index contributed by atoms with van der Waals surface area (Å²) < 4.78 is 2.84. The first kappa shape index (κ1) is 11.0. The average Bonchev–Trinajstić information content (AvgIpc) is 2.87. The highest BCUT2D eigenvalue weighted by atomic mass is 32.1. The molecule has 0 radical (unpaired) electrons. The summed E-state index contributed by atoms with van der Waals surface area (Å²) in [7, 11) is 0. The largest absolute Gasteiger partial charge is 0.135 e. The number of fused-ring (bicyclic) bond motifs is 3. The van der Waals surface area contributed by atoms with E-state index >= 15 is 0 Å². The van der Waals surface area contributed by atoms with Gasteiger partial charge in [0.2, 0.25) is 0 Å². The molecule has 0 aliphatic heterocycles.